The van der Waals surface area contributed by atoms with Crippen LogP contribution in [-0.4, -0.2) is 76.3 Å². The number of ether oxygens (including phenoxy) is 2. The molecule has 67 heavy (non-hydrogen) atoms. The van der Waals surface area contributed by atoms with Crippen LogP contribution in [0.3, 0.4) is 0 Å². The van der Waals surface area contributed by atoms with E-state index in [0.717, 1.165) is 70.4 Å². The van der Waals surface area contributed by atoms with Crippen LogP contribution in [-0.2, 0) is 17.6 Å². The molecule has 1 saturated carbocycles. The molecule has 3 heterocycles. The second kappa shape index (κ2) is 20.8. The molecule has 6 unspecified atom stereocenters. The summed E-state index contributed by atoms with van der Waals surface area (Å²) in [6.07, 6.45) is 11.3. The number of phenols is 4. The Kier molecular flexibility index (Phi) is 14.7. The normalized spacial score (nSPS) is 22.4. The lowest BCUT2D eigenvalue weighted by molar-refractivity contribution is -0.134. The Balaban J connectivity index is 1.31. The number of aromatic hydroxyl groups is 4. The number of carbonyl (C=O) groups excluding carboxylic acids is 1. The Morgan fingerprint density at radius 3 is 2.58 bits per heavy atom. The Bertz CT molecular complexity index is 2590. The van der Waals surface area contributed by atoms with Gasteiger partial charge in [-0.25, -0.2) is 0 Å². The summed E-state index contributed by atoms with van der Waals surface area (Å²) in [5, 5.41) is 69.2. The van der Waals surface area contributed by atoms with Crippen LogP contribution in [0.5, 0.6) is 34.5 Å². The maximum atomic E-state index is 16.2. The molecule has 1 spiro atoms. The average Bonchev–Trinajstić information content (AvgIpc) is 3.99. The number of phenolic OH excluding ortho intramolecular Hbond substituents is 4. The number of methoxy groups -OCH3 is 1. The summed E-state index contributed by atoms with van der Waals surface area (Å²) in [4.78, 5) is 19.6. The number of rotatable bonds is 15. The van der Waals surface area contributed by atoms with Crippen LogP contribution in [0.4, 0.5) is 5.69 Å². The number of aromatic nitrogens is 1. The van der Waals surface area contributed by atoms with Crippen LogP contribution < -0.4 is 25.4 Å². The van der Waals surface area contributed by atoms with Crippen molar-refractivity contribution in [3.05, 3.63) is 125 Å². The number of aromatic amines is 1. The molecule has 5 aromatic rings. The Labute approximate surface area is 394 Å². The number of aryl methyl sites for hydroxylation is 1. The molecule has 0 radical (unpaired) electrons. The third kappa shape index (κ3) is 10.3. The fourth-order valence-corrected chi connectivity index (χ4v) is 11.5. The van der Waals surface area contributed by atoms with Gasteiger partial charge in [-0.15, -0.1) is 0 Å². The first-order chi connectivity index (χ1) is 32.4. The van der Waals surface area contributed by atoms with Crippen molar-refractivity contribution in [3.63, 3.8) is 0 Å². The molecular weight excluding hydrogens is 845 g/mol. The average molecular weight is 913 g/mol. The molecule has 9 N–H and O–H groups in total. The van der Waals surface area contributed by atoms with Gasteiger partial charge >= 0.3 is 0 Å². The molecule has 1 fully saturated rings. The summed E-state index contributed by atoms with van der Waals surface area (Å²) in [6.45, 7) is 5.70. The summed E-state index contributed by atoms with van der Waals surface area (Å²) in [5.74, 6) is -0.306. The summed E-state index contributed by atoms with van der Waals surface area (Å²) < 4.78 is 11.6. The van der Waals surface area contributed by atoms with Crippen molar-refractivity contribution < 1.29 is 39.8 Å². The Hall–Kier alpha value is -6.11. The van der Waals surface area contributed by atoms with Crippen LogP contribution in [0.15, 0.2) is 103 Å². The van der Waals surface area contributed by atoms with E-state index in [9.17, 15) is 25.5 Å². The van der Waals surface area contributed by atoms with Crippen molar-refractivity contribution in [2.75, 3.05) is 39.2 Å². The number of fused-ring (bicyclic) bond motifs is 5. The molecule has 0 saturated heterocycles. The molecule has 1 aliphatic carbocycles. The number of aliphatic hydroxyl groups excluding tert-OH is 1. The van der Waals surface area contributed by atoms with Gasteiger partial charge in [0.1, 0.15) is 17.4 Å². The van der Waals surface area contributed by atoms with Crippen molar-refractivity contribution in [1.29, 1.82) is 0 Å². The van der Waals surface area contributed by atoms with Crippen molar-refractivity contribution >= 4 is 22.2 Å². The number of hydrogen-bond acceptors (Lipinski definition) is 11. The minimum absolute atomic E-state index is 0.00143. The van der Waals surface area contributed by atoms with Crippen molar-refractivity contribution in [2.24, 2.45) is 23.2 Å². The van der Waals surface area contributed by atoms with Crippen LogP contribution in [0.1, 0.15) is 99.4 Å². The molecule has 6 atom stereocenters. The van der Waals surface area contributed by atoms with Crippen molar-refractivity contribution in [1.82, 2.24) is 15.6 Å². The van der Waals surface area contributed by atoms with Gasteiger partial charge in [-0.3, -0.25) is 4.79 Å². The van der Waals surface area contributed by atoms with Gasteiger partial charge in [-0.05, 0) is 176 Å². The number of carbonyl (C=O) groups is 1. The molecule has 12 nitrogen and oxygen atoms in total. The molecule has 12 heteroatoms. The lowest BCUT2D eigenvalue weighted by Gasteiger charge is -2.46. The highest BCUT2D eigenvalue weighted by Crippen LogP contribution is 2.58. The van der Waals surface area contributed by atoms with Gasteiger partial charge in [0.05, 0.1) is 25.7 Å². The fraction of sp³-hybridized carbons (Fsp3) is 0.436. The molecule has 1 aromatic heterocycles. The number of hydrogen-bond donors (Lipinski definition) is 9. The molecule has 4 aromatic carbocycles. The number of aliphatic hydroxyl groups is 1. The van der Waals surface area contributed by atoms with E-state index in [4.69, 9.17) is 9.47 Å². The molecule has 356 valence electrons. The predicted octanol–water partition coefficient (Wildman–Crippen LogP) is 9.69. The smallest absolute Gasteiger partial charge is 0.200 e. The van der Waals surface area contributed by atoms with Crippen LogP contribution in [0, 0.1) is 23.2 Å². The van der Waals surface area contributed by atoms with Gasteiger partial charge in [0.2, 0.25) is 5.75 Å². The van der Waals surface area contributed by atoms with E-state index in [-0.39, 0.29) is 59.2 Å². The highest BCUT2D eigenvalue weighted by molar-refractivity contribution is 5.92. The number of benzene rings is 4. The molecule has 3 aliphatic rings. The zero-order valence-corrected chi connectivity index (χ0v) is 39.3. The number of allylic oxidation sites excluding steroid dienone is 2. The van der Waals surface area contributed by atoms with Gasteiger partial charge in [0.25, 0.3) is 0 Å². The van der Waals surface area contributed by atoms with E-state index in [1.807, 2.05) is 37.5 Å². The quantitative estimate of drug-likeness (QED) is 0.0359. The van der Waals surface area contributed by atoms with Gasteiger partial charge < -0.3 is 55.9 Å². The molecule has 2 bridgehead atoms. The summed E-state index contributed by atoms with van der Waals surface area (Å²) in [6, 6.07) is 22.1. The number of dihydropyridines is 1. The molecule has 8 rings (SSSR count). The highest BCUT2D eigenvalue weighted by atomic mass is 16.5. The van der Waals surface area contributed by atoms with Gasteiger partial charge in [-0.1, -0.05) is 44.5 Å². The topological polar surface area (TPSA) is 189 Å². The van der Waals surface area contributed by atoms with E-state index < -0.39 is 23.4 Å². The summed E-state index contributed by atoms with van der Waals surface area (Å²) >= 11 is 0. The lowest BCUT2D eigenvalue weighted by atomic mass is 9.58. The first kappa shape index (κ1) is 47.4. The maximum Gasteiger partial charge on any atom is 0.200 e. The van der Waals surface area contributed by atoms with Crippen LogP contribution in [0.25, 0.3) is 10.8 Å². The zero-order valence-electron chi connectivity index (χ0n) is 39.3. The maximum absolute atomic E-state index is 16.2. The first-order valence-corrected chi connectivity index (χ1v) is 24.1. The second-order valence-electron chi connectivity index (χ2n) is 19.4. The van der Waals surface area contributed by atoms with E-state index in [1.54, 1.807) is 36.4 Å². The summed E-state index contributed by atoms with van der Waals surface area (Å²) in [7, 11) is 3.42. The number of anilines is 1. The standard InChI is InChI=1S/C55H68N4O8/c1-33(2)8-7-23-67-50-29-37(28-48(64)54(50)65)36-25-38(32-56-3)52-43-15-14-42(60)26-35(43)13-16-44(52)59-51-31-40(19-22-58-51)55(20-5-9-39(55)30-41-10-6-21-57-41)53(47(63)27-36)46(62)18-12-34-11-17-45(61)49(24-34)66-4/h6,10-11,13-17,19,21,24,26,28-29,31,33,36,38-39,46,53,56-62,64-65H,5,7-9,12,18,20,22-23,25,27,30,32H2,1-4H3. The van der Waals surface area contributed by atoms with Crippen molar-refractivity contribution in [3.8, 4) is 34.5 Å². The largest absolute Gasteiger partial charge is 0.508 e. The zero-order chi connectivity index (χ0) is 47.2. The number of ketones is 1. The first-order valence-electron chi connectivity index (χ1n) is 24.1. The number of H-pyrrole nitrogens is 1. The second-order valence-corrected chi connectivity index (χ2v) is 19.4. The predicted molar refractivity (Wildman–Crippen MR) is 263 cm³/mol. The molecule has 2 aliphatic heterocycles. The lowest BCUT2D eigenvalue weighted by Crippen LogP contribution is -2.48. The highest BCUT2D eigenvalue weighted by Gasteiger charge is 2.55. The monoisotopic (exact) mass is 913 g/mol. The minimum atomic E-state index is -1.06. The Morgan fingerprint density at radius 2 is 1.81 bits per heavy atom. The molecule has 0 amide bonds. The Morgan fingerprint density at radius 1 is 0.955 bits per heavy atom. The number of Topliss-reactive ketones (excluding diaryl/α,β-unsaturated/α-hetero) is 1. The minimum Gasteiger partial charge on any atom is -0.508 e. The fourth-order valence-electron chi connectivity index (χ4n) is 11.5. The molecular formula is C55H68N4O8. The third-order valence-electron chi connectivity index (χ3n) is 14.6. The van der Waals surface area contributed by atoms with Gasteiger partial charge in [-0.2, -0.15) is 0 Å². The number of likely N-dealkylation sites (N-methyl/N-ethyl adjacent to an activating group) is 1. The van der Waals surface area contributed by atoms with Crippen LogP contribution in [0.2, 0.25) is 0 Å². The third-order valence-corrected chi connectivity index (χ3v) is 14.6. The summed E-state index contributed by atoms with van der Waals surface area (Å²) in [5.41, 5.74) is 4.74. The SMILES string of the molecule is CNCC1CC(c2cc(O)c(O)c(OCCCC(C)C)c2)CC(=O)C(C(O)CCc2ccc(O)c(OC)c2)C2(CCCC2Cc2ccc[nH]2)C2=CCNC(=C2)Nc2ccc3cc(O)ccc3c21. The number of nitrogens with one attached hydrogen (secondary N) is 4. The van der Waals surface area contributed by atoms with Gasteiger partial charge in [0.15, 0.2) is 23.0 Å². The van der Waals surface area contributed by atoms with Crippen LogP contribution >= 0.6 is 0 Å². The van der Waals surface area contributed by atoms with E-state index >= 15 is 4.79 Å². The van der Waals surface area contributed by atoms with E-state index in [2.05, 4.69) is 59.1 Å². The van der Waals surface area contributed by atoms with E-state index in [1.165, 1.54) is 7.11 Å². The van der Waals surface area contributed by atoms with Crippen molar-refractivity contribution in [2.45, 2.75) is 96.0 Å². The van der Waals surface area contributed by atoms with E-state index in [0.29, 0.717) is 62.6 Å². The van der Waals surface area contributed by atoms with Gasteiger partial charge in [0, 0.05) is 42.5 Å².